The molecule has 8 nitrogen and oxygen atoms in total. The molecule has 0 aliphatic rings. The largest absolute Gasteiger partial charge is 0.497 e. The van der Waals surface area contributed by atoms with Gasteiger partial charge in [0.2, 0.25) is 5.91 Å². The highest BCUT2D eigenvalue weighted by Gasteiger charge is 2.12. The third-order valence-corrected chi connectivity index (χ3v) is 4.54. The molecule has 0 fully saturated rings. The van der Waals surface area contributed by atoms with Gasteiger partial charge in [-0.1, -0.05) is 12.1 Å². The molecule has 1 N–H and O–H groups in total. The van der Waals surface area contributed by atoms with E-state index in [1.807, 2.05) is 24.3 Å². The zero-order valence-electron chi connectivity index (χ0n) is 16.6. The summed E-state index contributed by atoms with van der Waals surface area (Å²) in [4.78, 5) is 29.2. The first-order valence-electron chi connectivity index (χ1n) is 9.06. The number of benzene rings is 2. The maximum absolute atomic E-state index is 12.7. The molecule has 29 heavy (non-hydrogen) atoms. The van der Waals surface area contributed by atoms with Crippen LogP contribution in [0.2, 0.25) is 0 Å². The molecule has 0 radical (unpaired) electrons. The van der Waals surface area contributed by atoms with Crippen LogP contribution in [0, 0.1) is 0 Å². The number of nitrogens with zero attached hydrogens (tertiary/aromatic N) is 2. The number of methoxy groups -OCH3 is 3. The van der Waals surface area contributed by atoms with Crippen LogP contribution < -0.4 is 25.1 Å². The van der Waals surface area contributed by atoms with Gasteiger partial charge < -0.3 is 19.5 Å². The Morgan fingerprint density at radius 3 is 2.38 bits per heavy atom. The lowest BCUT2D eigenvalue weighted by Crippen LogP contribution is -2.33. The van der Waals surface area contributed by atoms with E-state index in [1.165, 1.54) is 25.1 Å². The molecule has 1 heterocycles. The van der Waals surface area contributed by atoms with Crippen LogP contribution in [-0.2, 0) is 17.8 Å². The van der Waals surface area contributed by atoms with Gasteiger partial charge in [-0.2, -0.15) is 0 Å². The van der Waals surface area contributed by atoms with E-state index in [0.29, 0.717) is 35.4 Å². The van der Waals surface area contributed by atoms with Gasteiger partial charge in [0.15, 0.2) is 11.5 Å². The minimum Gasteiger partial charge on any atom is -0.497 e. The Balaban J connectivity index is 1.66. The van der Waals surface area contributed by atoms with Crippen LogP contribution in [-0.4, -0.2) is 43.3 Å². The van der Waals surface area contributed by atoms with E-state index in [2.05, 4.69) is 10.3 Å². The van der Waals surface area contributed by atoms with Gasteiger partial charge in [-0.3, -0.25) is 14.2 Å². The fourth-order valence-electron chi connectivity index (χ4n) is 2.95. The Hall–Kier alpha value is -3.55. The average Bonchev–Trinajstić information content (AvgIpc) is 2.75. The summed E-state index contributed by atoms with van der Waals surface area (Å²) in [5.74, 6) is 1.44. The third-order valence-electron chi connectivity index (χ3n) is 4.54. The van der Waals surface area contributed by atoms with E-state index in [0.717, 1.165) is 11.3 Å². The SMILES string of the molecule is COc1ccc(CCNC(=O)Cn2cnc3cc(OC)c(OC)cc3c2=O)cc1. The Morgan fingerprint density at radius 2 is 1.72 bits per heavy atom. The van der Waals surface area contributed by atoms with Crippen LogP contribution in [0.15, 0.2) is 47.5 Å². The van der Waals surface area contributed by atoms with Crippen molar-refractivity contribution in [2.45, 2.75) is 13.0 Å². The van der Waals surface area contributed by atoms with Crippen molar-refractivity contribution < 1.29 is 19.0 Å². The number of amides is 1. The molecular formula is C21H23N3O5. The standard InChI is InChI=1S/C21H23N3O5/c1-27-15-6-4-14(5-7-15)8-9-22-20(25)12-24-13-23-17-11-19(29-3)18(28-2)10-16(17)21(24)26/h4-7,10-11,13H,8-9,12H2,1-3H3,(H,22,25). The van der Waals surface area contributed by atoms with Crippen molar-refractivity contribution in [3.05, 3.63) is 58.6 Å². The van der Waals surface area contributed by atoms with E-state index in [4.69, 9.17) is 14.2 Å². The number of nitrogens with one attached hydrogen (secondary N) is 1. The van der Waals surface area contributed by atoms with E-state index in [-0.39, 0.29) is 18.0 Å². The number of hydrogen-bond donors (Lipinski definition) is 1. The number of carbonyl (C=O) groups excluding carboxylic acids is 1. The number of fused-ring (bicyclic) bond motifs is 1. The topological polar surface area (TPSA) is 91.7 Å². The summed E-state index contributed by atoms with van der Waals surface area (Å²) in [5, 5.41) is 3.18. The zero-order valence-corrected chi connectivity index (χ0v) is 16.6. The normalized spacial score (nSPS) is 10.6. The van der Waals surface area contributed by atoms with Crippen LogP contribution >= 0.6 is 0 Å². The highest BCUT2D eigenvalue weighted by Crippen LogP contribution is 2.29. The summed E-state index contributed by atoms with van der Waals surface area (Å²) in [6.45, 7) is 0.352. The number of hydrogen-bond acceptors (Lipinski definition) is 6. The minimum atomic E-state index is -0.318. The quantitative estimate of drug-likeness (QED) is 0.623. The molecule has 152 valence electrons. The van der Waals surface area contributed by atoms with E-state index in [9.17, 15) is 9.59 Å². The van der Waals surface area contributed by atoms with Crippen molar-refractivity contribution in [3.63, 3.8) is 0 Å². The van der Waals surface area contributed by atoms with Crippen LogP contribution in [0.3, 0.4) is 0 Å². The highest BCUT2D eigenvalue weighted by molar-refractivity contribution is 5.82. The van der Waals surface area contributed by atoms with Gasteiger partial charge in [-0.15, -0.1) is 0 Å². The summed E-state index contributed by atoms with van der Waals surface area (Å²) in [5.41, 5.74) is 1.24. The minimum absolute atomic E-state index is 0.112. The molecule has 0 bridgehead atoms. The predicted molar refractivity (Wildman–Crippen MR) is 109 cm³/mol. The molecule has 0 spiro atoms. The summed E-state index contributed by atoms with van der Waals surface area (Å²) >= 11 is 0. The maximum atomic E-state index is 12.7. The Bertz CT molecular complexity index is 1060. The second kappa shape index (κ2) is 9.09. The van der Waals surface area contributed by atoms with Crippen molar-refractivity contribution in [2.75, 3.05) is 27.9 Å². The van der Waals surface area contributed by atoms with Crippen molar-refractivity contribution in [2.24, 2.45) is 0 Å². The van der Waals surface area contributed by atoms with E-state index >= 15 is 0 Å². The Kier molecular flexibility index (Phi) is 6.33. The van der Waals surface area contributed by atoms with Crippen molar-refractivity contribution in [1.82, 2.24) is 14.9 Å². The van der Waals surface area contributed by atoms with Gasteiger partial charge >= 0.3 is 0 Å². The molecule has 2 aromatic carbocycles. The van der Waals surface area contributed by atoms with E-state index in [1.54, 1.807) is 19.2 Å². The molecule has 1 aromatic heterocycles. The fourth-order valence-corrected chi connectivity index (χ4v) is 2.95. The number of rotatable bonds is 8. The van der Waals surface area contributed by atoms with E-state index < -0.39 is 0 Å². The molecular weight excluding hydrogens is 374 g/mol. The van der Waals surface area contributed by atoms with Gasteiger partial charge in [0, 0.05) is 12.6 Å². The number of aromatic nitrogens is 2. The van der Waals surface area contributed by atoms with Crippen LogP contribution in [0.4, 0.5) is 0 Å². The van der Waals surface area contributed by atoms with Crippen LogP contribution in [0.1, 0.15) is 5.56 Å². The highest BCUT2D eigenvalue weighted by atomic mass is 16.5. The molecule has 0 unspecified atom stereocenters. The van der Waals surface area contributed by atoms with Gasteiger partial charge in [-0.25, -0.2) is 4.98 Å². The molecule has 0 atom stereocenters. The molecule has 0 saturated heterocycles. The zero-order chi connectivity index (χ0) is 20.8. The molecule has 1 amide bonds. The average molecular weight is 397 g/mol. The predicted octanol–water partition coefficient (Wildman–Crippen LogP) is 1.78. The molecule has 0 saturated carbocycles. The lowest BCUT2D eigenvalue weighted by molar-refractivity contribution is -0.121. The lowest BCUT2D eigenvalue weighted by Gasteiger charge is -2.11. The smallest absolute Gasteiger partial charge is 0.261 e. The first-order valence-corrected chi connectivity index (χ1v) is 9.06. The first kappa shape index (κ1) is 20.2. The number of ether oxygens (including phenoxy) is 3. The lowest BCUT2D eigenvalue weighted by atomic mass is 10.1. The Morgan fingerprint density at radius 1 is 1.03 bits per heavy atom. The second-order valence-electron chi connectivity index (χ2n) is 6.35. The summed E-state index contributed by atoms with van der Waals surface area (Å²) in [6.07, 6.45) is 2.04. The second-order valence-corrected chi connectivity index (χ2v) is 6.35. The monoisotopic (exact) mass is 397 g/mol. The van der Waals surface area contributed by atoms with Crippen molar-refractivity contribution in [1.29, 1.82) is 0 Å². The third kappa shape index (κ3) is 4.66. The van der Waals surface area contributed by atoms with Gasteiger partial charge in [0.25, 0.3) is 5.56 Å². The first-order chi connectivity index (χ1) is 14.0. The van der Waals surface area contributed by atoms with Gasteiger partial charge in [0.1, 0.15) is 12.3 Å². The molecule has 0 aliphatic carbocycles. The van der Waals surface area contributed by atoms with Crippen LogP contribution in [0.25, 0.3) is 10.9 Å². The fraction of sp³-hybridized carbons (Fsp3) is 0.286. The van der Waals surface area contributed by atoms with Crippen molar-refractivity contribution >= 4 is 16.8 Å². The molecule has 3 aromatic rings. The molecule has 8 heteroatoms. The van der Waals surface area contributed by atoms with Crippen LogP contribution in [0.5, 0.6) is 17.2 Å². The van der Waals surface area contributed by atoms with Crippen molar-refractivity contribution in [3.8, 4) is 17.2 Å². The van der Waals surface area contributed by atoms with Gasteiger partial charge in [-0.05, 0) is 30.2 Å². The molecule has 3 rings (SSSR count). The molecule has 0 aliphatic heterocycles. The summed E-state index contributed by atoms with van der Waals surface area (Å²) < 4.78 is 16.9. The summed E-state index contributed by atoms with van der Waals surface area (Å²) in [6, 6.07) is 10.9. The van der Waals surface area contributed by atoms with Gasteiger partial charge in [0.05, 0.1) is 38.6 Å². The number of carbonyl (C=O) groups is 1. The maximum Gasteiger partial charge on any atom is 0.261 e. The summed E-state index contributed by atoms with van der Waals surface area (Å²) in [7, 11) is 4.63. The Labute approximate surface area is 168 Å².